The molecule has 3 fully saturated rings. The molecule has 13 heteroatoms. The number of hydrogen-bond acceptors (Lipinski definition) is 6. The molecule has 1 aromatic rings. The number of piperidine rings is 1. The van der Waals surface area contributed by atoms with E-state index in [2.05, 4.69) is 11.4 Å². The third kappa shape index (κ3) is 5.35. The molecule has 2 N–H and O–H groups in total. The van der Waals surface area contributed by atoms with E-state index in [-0.39, 0.29) is 36.5 Å². The number of hydrogen-bond donors (Lipinski definition) is 2. The van der Waals surface area contributed by atoms with Gasteiger partial charge in [0.05, 0.1) is 35.6 Å². The summed E-state index contributed by atoms with van der Waals surface area (Å²) in [5.74, 6) is -2.28. The van der Waals surface area contributed by atoms with E-state index in [4.69, 9.17) is 16.9 Å². The largest absolute Gasteiger partial charge is 0.394 e. The van der Waals surface area contributed by atoms with E-state index < -0.39 is 46.5 Å². The number of benzene rings is 1. The Morgan fingerprint density at radius 3 is 2.58 bits per heavy atom. The van der Waals surface area contributed by atoms with Crippen LogP contribution in [-0.4, -0.2) is 84.2 Å². The summed E-state index contributed by atoms with van der Waals surface area (Å²) in [6.07, 6.45) is 2.08. The van der Waals surface area contributed by atoms with Crippen LogP contribution >= 0.6 is 11.6 Å². The van der Waals surface area contributed by atoms with Crippen molar-refractivity contribution < 1.29 is 27.5 Å². The molecule has 0 bridgehead atoms. The predicted octanol–water partition coefficient (Wildman–Crippen LogP) is 1.03. The lowest BCUT2D eigenvalue weighted by Gasteiger charge is -2.41. The number of nitrogens with one attached hydrogen (secondary N) is 1. The van der Waals surface area contributed by atoms with Gasteiger partial charge in [0.15, 0.2) is 0 Å². The molecule has 3 saturated heterocycles. The van der Waals surface area contributed by atoms with Gasteiger partial charge >= 0.3 is 0 Å². The smallest absolute Gasteiger partial charge is 0.282 e. The highest BCUT2D eigenvalue weighted by Gasteiger charge is 2.44. The lowest BCUT2D eigenvalue weighted by Crippen LogP contribution is -2.57. The van der Waals surface area contributed by atoms with Crippen LogP contribution in [0.5, 0.6) is 0 Å². The first-order chi connectivity index (χ1) is 17.1. The van der Waals surface area contributed by atoms with Crippen LogP contribution < -0.4 is 5.32 Å². The third-order valence-corrected chi connectivity index (χ3v) is 9.34. The van der Waals surface area contributed by atoms with Crippen molar-refractivity contribution in [1.29, 1.82) is 5.26 Å². The summed E-state index contributed by atoms with van der Waals surface area (Å²) in [7, 11) is -3.75. The number of rotatable bonds is 7. The maximum Gasteiger partial charge on any atom is 0.282 e. The van der Waals surface area contributed by atoms with Crippen LogP contribution in [0.4, 0.5) is 4.39 Å². The fraction of sp³-hybridized carbons (Fsp3) is 0.609. The van der Waals surface area contributed by atoms with Gasteiger partial charge in [-0.05, 0) is 43.4 Å². The number of aliphatic hydroxyl groups is 1. The van der Waals surface area contributed by atoms with E-state index in [1.807, 2.05) is 0 Å². The Morgan fingerprint density at radius 2 is 1.92 bits per heavy atom. The summed E-state index contributed by atoms with van der Waals surface area (Å²) < 4.78 is 42.3. The third-order valence-electron chi connectivity index (χ3n) is 7.10. The Bertz CT molecular complexity index is 1160. The monoisotopic (exact) mass is 541 g/mol. The normalized spacial score (nSPS) is 24.7. The summed E-state index contributed by atoms with van der Waals surface area (Å²) in [6.45, 7) is 0.557. The zero-order valence-corrected chi connectivity index (χ0v) is 21.2. The highest BCUT2D eigenvalue weighted by molar-refractivity contribution is 7.86. The van der Waals surface area contributed by atoms with Gasteiger partial charge in [0.1, 0.15) is 11.9 Å². The molecule has 196 valence electrons. The molecule has 0 aromatic heterocycles. The molecule has 0 unspecified atom stereocenters. The van der Waals surface area contributed by atoms with Crippen molar-refractivity contribution in [1.82, 2.24) is 18.8 Å². The van der Waals surface area contributed by atoms with Crippen molar-refractivity contribution >= 4 is 33.6 Å². The molecule has 4 rings (SSSR count). The number of likely N-dealkylation sites (tertiary alicyclic amines) is 1. The second-order valence-electron chi connectivity index (χ2n) is 9.45. The van der Waals surface area contributed by atoms with Crippen LogP contribution in [0.25, 0.3) is 0 Å². The molecule has 3 aliphatic heterocycles. The molecule has 1 aromatic carbocycles. The van der Waals surface area contributed by atoms with Crippen molar-refractivity contribution in [3.05, 3.63) is 34.6 Å². The number of nitriles is 1. The zero-order valence-electron chi connectivity index (χ0n) is 19.6. The fourth-order valence-corrected chi connectivity index (χ4v) is 6.90. The molecule has 3 aliphatic rings. The molecular weight excluding hydrogens is 513 g/mol. The van der Waals surface area contributed by atoms with Gasteiger partial charge in [-0.15, -0.1) is 0 Å². The minimum atomic E-state index is -3.75. The van der Waals surface area contributed by atoms with Crippen molar-refractivity contribution in [3.8, 4) is 6.07 Å². The van der Waals surface area contributed by atoms with Gasteiger partial charge in [-0.25, -0.2) is 4.39 Å². The van der Waals surface area contributed by atoms with Gasteiger partial charge in [-0.1, -0.05) is 17.7 Å². The number of carbonyl (C=O) groups is 2. The summed E-state index contributed by atoms with van der Waals surface area (Å²) in [5.41, 5.74) is 0.349. The maximum atomic E-state index is 13.9. The Morgan fingerprint density at radius 1 is 1.19 bits per heavy atom. The number of aliphatic hydroxyl groups excluding tert-OH is 1. The zero-order chi connectivity index (χ0) is 26.0. The number of nitrogens with zero attached hydrogens (tertiary/aromatic N) is 4. The van der Waals surface area contributed by atoms with Gasteiger partial charge < -0.3 is 15.3 Å². The molecule has 10 nitrogen and oxygen atoms in total. The summed E-state index contributed by atoms with van der Waals surface area (Å²) in [4.78, 5) is 28.0. The molecule has 3 heterocycles. The summed E-state index contributed by atoms with van der Waals surface area (Å²) >= 11 is 5.72. The molecule has 0 spiro atoms. The van der Waals surface area contributed by atoms with Gasteiger partial charge in [0.25, 0.3) is 10.2 Å². The fourth-order valence-electron chi connectivity index (χ4n) is 4.99. The van der Waals surface area contributed by atoms with E-state index in [1.54, 1.807) is 0 Å². The van der Waals surface area contributed by atoms with E-state index in [1.165, 1.54) is 25.6 Å². The van der Waals surface area contributed by atoms with Crippen LogP contribution in [0.1, 0.15) is 37.3 Å². The topological polar surface area (TPSA) is 134 Å². The molecule has 36 heavy (non-hydrogen) atoms. The van der Waals surface area contributed by atoms with Crippen molar-refractivity contribution in [2.24, 2.45) is 11.8 Å². The van der Waals surface area contributed by atoms with Crippen molar-refractivity contribution in [2.45, 2.75) is 37.8 Å². The highest BCUT2D eigenvalue weighted by atomic mass is 35.5. The SMILES string of the molecule is N#CC1CN(S(=O)(=O)N2CCC[C@H](C(=O)N3CCC[C@@H]3C(=O)N[C@@H](CO)c3ccc(Cl)c(F)c3)C2)C1. The van der Waals surface area contributed by atoms with Crippen LogP contribution in [0.15, 0.2) is 18.2 Å². The Balaban J connectivity index is 1.40. The number of amides is 2. The van der Waals surface area contributed by atoms with Gasteiger partial charge in [-0.3, -0.25) is 9.59 Å². The van der Waals surface area contributed by atoms with E-state index in [9.17, 15) is 27.5 Å². The lowest BCUT2D eigenvalue weighted by atomic mass is 9.97. The second kappa shape index (κ2) is 11.0. The molecule has 0 aliphatic carbocycles. The second-order valence-corrected chi connectivity index (χ2v) is 11.8. The van der Waals surface area contributed by atoms with Crippen LogP contribution in [0.3, 0.4) is 0 Å². The van der Waals surface area contributed by atoms with Gasteiger partial charge in [-0.2, -0.15) is 22.3 Å². The van der Waals surface area contributed by atoms with E-state index >= 15 is 0 Å². The van der Waals surface area contributed by atoms with Crippen LogP contribution in [-0.2, 0) is 19.8 Å². The summed E-state index contributed by atoms with van der Waals surface area (Å²) in [6, 6.07) is 4.43. The van der Waals surface area contributed by atoms with Gasteiger partial charge in [0.2, 0.25) is 11.8 Å². The standard InChI is InChI=1S/C23H29ClFN5O5S/c24-18-6-5-16(9-19(18)25)20(14-31)27-22(32)21-4-2-8-30(21)23(33)17-3-1-7-28(13-17)36(34,35)29-11-15(10-26)12-29/h5-6,9,15,17,20-21,31H,1-4,7-8,11-14H2,(H,27,32)/t17-,20-,21+/m0/s1. The van der Waals surface area contributed by atoms with Crippen LogP contribution in [0.2, 0.25) is 5.02 Å². The number of carbonyl (C=O) groups excluding carboxylic acids is 2. The molecule has 2 amide bonds. The van der Waals surface area contributed by atoms with Gasteiger partial charge in [0, 0.05) is 32.7 Å². The molecular formula is C23H29ClFN5O5S. The quantitative estimate of drug-likeness (QED) is 0.529. The Labute approximate surface area is 214 Å². The van der Waals surface area contributed by atoms with E-state index in [0.717, 1.165) is 6.07 Å². The predicted molar refractivity (Wildman–Crippen MR) is 128 cm³/mol. The average Bonchev–Trinajstić information content (AvgIpc) is 3.33. The highest BCUT2D eigenvalue weighted by Crippen LogP contribution is 2.29. The first-order valence-electron chi connectivity index (χ1n) is 12.0. The number of halogens is 2. The Kier molecular flexibility index (Phi) is 8.16. The first-order valence-corrected chi connectivity index (χ1v) is 13.7. The van der Waals surface area contributed by atoms with Crippen LogP contribution in [0, 0.1) is 29.0 Å². The first kappa shape index (κ1) is 26.8. The minimum absolute atomic E-state index is 0.0308. The maximum absolute atomic E-state index is 13.9. The molecule has 0 saturated carbocycles. The molecule has 0 radical (unpaired) electrons. The van der Waals surface area contributed by atoms with Crippen molar-refractivity contribution in [2.75, 3.05) is 39.3 Å². The van der Waals surface area contributed by atoms with E-state index in [0.29, 0.717) is 44.3 Å². The summed E-state index contributed by atoms with van der Waals surface area (Å²) in [5, 5.41) is 21.4. The average molecular weight is 542 g/mol. The minimum Gasteiger partial charge on any atom is -0.394 e. The lowest BCUT2D eigenvalue weighted by molar-refractivity contribution is -0.142. The van der Waals surface area contributed by atoms with Crippen molar-refractivity contribution in [3.63, 3.8) is 0 Å². The molecule has 3 atom stereocenters. The Hall–Kier alpha value is -2.30.